The van der Waals surface area contributed by atoms with E-state index in [0.29, 0.717) is 17.9 Å². The number of fused-ring (bicyclic) bond motifs is 1. The molecule has 22 heavy (non-hydrogen) atoms. The van der Waals surface area contributed by atoms with Gasteiger partial charge < -0.3 is 13.9 Å². The van der Waals surface area contributed by atoms with Crippen molar-refractivity contribution in [2.24, 2.45) is 0 Å². The molecule has 0 aliphatic heterocycles. The molecule has 4 aromatic rings. The second-order valence-corrected chi connectivity index (χ2v) is 5.08. The summed E-state index contributed by atoms with van der Waals surface area (Å²) < 4.78 is 11.0. The Morgan fingerprint density at radius 2 is 1.77 bits per heavy atom. The smallest absolute Gasteiger partial charge is 0.199 e. The average molecular weight is 291 g/mol. The Balaban J connectivity index is 1.66. The fourth-order valence-corrected chi connectivity index (χ4v) is 2.53. The van der Waals surface area contributed by atoms with Crippen molar-refractivity contribution < 1.29 is 13.9 Å². The van der Waals surface area contributed by atoms with Gasteiger partial charge in [-0.05, 0) is 6.07 Å². The second kappa shape index (κ2) is 5.07. The van der Waals surface area contributed by atoms with Gasteiger partial charge in [0.1, 0.15) is 12.0 Å². The van der Waals surface area contributed by atoms with Gasteiger partial charge in [-0.2, -0.15) is 0 Å². The van der Waals surface area contributed by atoms with Gasteiger partial charge in [0.15, 0.2) is 17.2 Å². The van der Waals surface area contributed by atoms with Crippen molar-refractivity contribution in [3.63, 3.8) is 0 Å². The van der Waals surface area contributed by atoms with Gasteiger partial charge in [0.2, 0.25) is 0 Å². The van der Waals surface area contributed by atoms with Crippen LogP contribution in [0.5, 0.6) is 5.75 Å². The number of phenolic OH excluding ortho intramolecular Hbond substituents is 1. The molecule has 1 N–H and O–H groups in total. The lowest BCUT2D eigenvalue weighted by molar-refractivity contribution is 0.464. The van der Waals surface area contributed by atoms with Gasteiger partial charge in [-0.1, -0.05) is 42.5 Å². The van der Waals surface area contributed by atoms with Crippen molar-refractivity contribution in [2.45, 2.75) is 6.42 Å². The lowest BCUT2D eigenvalue weighted by Gasteiger charge is -1.95. The summed E-state index contributed by atoms with van der Waals surface area (Å²) in [6.07, 6.45) is 3.81. The van der Waals surface area contributed by atoms with E-state index in [4.69, 9.17) is 8.83 Å². The van der Waals surface area contributed by atoms with E-state index in [1.165, 1.54) is 0 Å². The molecular weight excluding hydrogens is 278 g/mol. The zero-order valence-corrected chi connectivity index (χ0v) is 11.7. The molecule has 0 unspecified atom stereocenters. The highest BCUT2D eigenvalue weighted by Crippen LogP contribution is 2.30. The third kappa shape index (κ3) is 2.15. The second-order valence-electron chi connectivity index (χ2n) is 5.08. The van der Waals surface area contributed by atoms with E-state index >= 15 is 0 Å². The number of para-hydroxylation sites is 1. The van der Waals surface area contributed by atoms with Crippen LogP contribution in [-0.4, -0.2) is 10.1 Å². The molecule has 0 aliphatic carbocycles. The first kappa shape index (κ1) is 12.7. The Labute approximate surface area is 126 Å². The Kier molecular flexibility index (Phi) is 2.93. The van der Waals surface area contributed by atoms with Crippen LogP contribution in [0.3, 0.4) is 0 Å². The summed E-state index contributed by atoms with van der Waals surface area (Å²) in [7, 11) is 0. The van der Waals surface area contributed by atoms with Crippen LogP contribution >= 0.6 is 0 Å². The quantitative estimate of drug-likeness (QED) is 0.608. The van der Waals surface area contributed by atoms with E-state index in [2.05, 4.69) is 4.98 Å². The minimum absolute atomic E-state index is 0.140. The van der Waals surface area contributed by atoms with E-state index in [1.54, 1.807) is 24.7 Å². The van der Waals surface area contributed by atoms with Gasteiger partial charge in [0.05, 0.1) is 12.7 Å². The zero-order chi connectivity index (χ0) is 14.9. The zero-order valence-electron chi connectivity index (χ0n) is 11.7. The predicted octanol–water partition coefficient (Wildman–Crippen LogP) is 4.38. The fourth-order valence-electron chi connectivity index (χ4n) is 2.53. The maximum Gasteiger partial charge on any atom is 0.199 e. The van der Waals surface area contributed by atoms with Gasteiger partial charge in [0.25, 0.3) is 0 Å². The molecule has 0 saturated carbocycles. The summed E-state index contributed by atoms with van der Waals surface area (Å²) in [5, 5.41) is 10.6. The highest BCUT2D eigenvalue weighted by atomic mass is 16.3. The van der Waals surface area contributed by atoms with Crippen LogP contribution in [0, 0.1) is 0 Å². The lowest BCUT2D eigenvalue weighted by Crippen LogP contribution is -1.87. The normalized spacial score (nSPS) is 11.1. The summed E-state index contributed by atoms with van der Waals surface area (Å²) in [6.45, 7) is 0. The van der Waals surface area contributed by atoms with Gasteiger partial charge >= 0.3 is 0 Å². The molecular formula is C18H13NO3. The molecule has 4 heteroatoms. The maximum atomic E-state index is 9.77. The molecule has 0 spiro atoms. The molecule has 2 aromatic heterocycles. The molecule has 108 valence electrons. The van der Waals surface area contributed by atoms with Crippen molar-refractivity contribution >= 4 is 11.0 Å². The minimum Gasteiger partial charge on any atom is -0.504 e. The summed E-state index contributed by atoms with van der Waals surface area (Å²) >= 11 is 0. The summed E-state index contributed by atoms with van der Waals surface area (Å²) in [5.41, 5.74) is 3.26. The molecule has 2 heterocycles. The number of hydrogen-bond donors (Lipinski definition) is 1. The van der Waals surface area contributed by atoms with Crippen molar-refractivity contribution in [3.8, 4) is 17.0 Å². The molecule has 4 rings (SSSR count). The van der Waals surface area contributed by atoms with Crippen LogP contribution in [0.4, 0.5) is 0 Å². The van der Waals surface area contributed by atoms with Crippen LogP contribution < -0.4 is 0 Å². The topological polar surface area (TPSA) is 59.4 Å². The Morgan fingerprint density at radius 3 is 2.64 bits per heavy atom. The molecule has 0 fully saturated rings. The minimum atomic E-state index is 0.140. The standard InChI is InChI=1S/C18H13NO3/c20-16-8-4-7-14-13(10-22-18(14)16)9-17-19-15(11-21-17)12-5-2-1-3-6-12/h1-8,10-11,20H,9H2. The number of rotatable bonds is 3. The fraction of sp³-hybridized carbons (Fsp3) is 0.0556. The monoisotopic (exact) mass is 291 g/mol. The highest BCUT2D eigenvalue weighted by Gasteiger charge is 2.13. The van der Waals surface area contributed by atoms with Crippen molar-refractivity contribution in [1.82, 2.24) is 4.98 Å². The molecule has 4 nitrogen and oxygen atoms in total. The van der Waals surface area contributed by atoms with Crippen LogP contribution in [0.1, 0.15) is 11.5 Å². The maximum absolute atomic E-state index is 9.77. The SMILES string of the molecule is Oc1cccc2c(Cc3nc(-c4ccccc4)co3)coc12. The molecule has 0 bridgehead atoms. The summed E-state index contributed by atoms with van der Waals surface area (Å²) in [6, 6.07) is 15.2. The van der Waals surface area contributed by atoms with Gasteiger partial charge in [-0.15, -0.1) is 0 Å². The van der Waals surface area contributed by atoms with E-state index in [-0.39, 0.29) is 5.75 Å². The number of furan rings is 1. The number of phenols is 1. The van der Waals surface area contributed by atoms with Gasteiger partial charge in [0, 0.05) is 16.5 Å². The first-order valence-electron chi connectivity index (χ1n) is 6.99. The van der Waals surface area contributed by atoms with Crippen molar-refractivity contribution in [1.29, 1.82) is 0 Å². The third-order valence-electron chi connectivity index (χ3n) is 3.62. The van der Waals surface area contributed by atoms with E-state index in [9.17, 15) is 5.11 Å². The van der Waals surface area contributed by atoms with E-state index < -0.39 is 0 Å². The molecule has 2 aromatic carbocycles. The summed E-state index contributed by atoms with van der Waals surface area (Å²) in [4.78, 5) is 4.51. The molecule has 0 amide bonds. The first-order chi connectivity index (χ1) is 10.8. The number of oxazole rings is 1. The Hall–Kier alpha value is -3.01. The van der Waals surface area contributed by atoms with Crippen LogP contribution in [0.25, 0.3) is 22.2 Å². The molecule has 0 atom stereocenters. The van der Waals surface area contributed by atoms with Crippen LogP contribution in [0.2, 0.25) is 0 Å². The van der Waals surface area contributed by atoms with Crippen molar-refractivity contribution in [2.75, 3.05) is 0 Å². The third-order valence-corrected chi connectivity index (χ3v) is 3.62. The predicted molar refractivity (Wildman–Crippen MR) is 82.6 cm³/mol. The lowest BCUT2D eigenvalue weighted by atomic mass is 10.1. The molecule has 0 aliphatic rings. The highest BCUT2D eigenvalue weighted by molar-refractivity contribution is 5.86. The number of aromatic hydroxyl groups is 1. The van der Waals surface area contributed by atoms with E-state index in [0.717, 1.165) is 22.2 Å². The van der Waals surface area contributed by atoms with Crippen LogP contribution in [-0.2, 0) is 6.42 Å². The summed E-state index contributed by atoms with van der Waals surface area (Å²) in [5.74, 6) is 0.756. The van der Waals surface area contributed by atoms with E-state index in [1.807, 2.05) is 36.4 Å². The number of benzene rings is 2. The number of nitrogens with zero attached hydrogens (tertiary/aromatic N) is 1. The number of hydrogen-bond acceptors (Lipinski definition) is 4. The first-order valence-corrected chi connectivity index (χ1v) is 6.99. The number of aromatic nitrogens is 1. The molecule has 0 radical (unpaired) electrons. The Bertz CT molecular complexity index is 922. The van der Waals surface area contributed by atoms with Gasteiger partial charge in [-0.25, -0.2) is 4.98 Å². The largest absolute Gasteiger partial charge is 0.504 e. The van der Waals surface area contributed by atoms with Crippen molar-refractivity contribution in [3.05, 3.63) is 72.5 Å². The van der Waals surface area contributed by atoms with Gasteiger partial charge in [-0.3, -0.25) is 0 Å². The molecule has 0 saturated heterocycles. The Morgan fingerprint density at radius 1 is 0.909 bits per heavy atom. The van der Waals surface area contributed by atoms with Crippen LogP contribution in [0.15, 0.2) is 69.9 Å². The average Bonchev–Trinajstić information content (AvgIpc) is 3.17.